The maximum absolute atomic E-state index is 12.4. The second-order valence-electron chi connectivity index (χ2n) is 5.77. The minimum atomic E-state index is -0.218. The van der Waals surface area contributed by atoms with Crippen LogP contribution < -0.4 is 10.2 Å². The number of amides is 1. The first-order valence-corrected chi connectivity index (χ1v) is 8.66. The van der Waals surface area contributed by atoms with Crippen molar-refractivity contribution in [2.75, 3.05) is 18.5 Å². The van der Waals surface area contributed by atoms with E-state index < -0.39 is 0 Å². The highest BCUT2D eigenvalue weighted by Crippen LogP contribution is 2.19. The Hall–Kier alpha value is -2.92. The van der Waals surface area contributed by atoms with Crippen molar-refractivity contribution in [2.45, 2.75) is 6.42 Å². The summed E-state index contributed by atoms with van der Waals surface area (Å²) in [5.41, 5.74) is 2.41. The number of anilines is 2. The fraction of sp³-hybridized carbons (Fsp3) is 0.150. The van der Waals surface area contributed by atoms with Gasteiger partial charge in [0.1, 0.15) is 5.69 Å². The molecule has 1 N–H and O–H groups in total. The average molecular weight is 367 g/mol. The minimum absolute atomic E-state index is 0.218. The van der Waals surface area contributed by atoms with Gasteiger partial charge in [0.2, 0.25) is 5.95 Å². The number of hydrogen-bond donors (Lipinski definition) is 1. The largest absolute Gasteiger partial charge is 0.350 e. The second kappa shape index (κ2) is 8.45. The number of nitrogens with zero attached hydrogens (tertiary/aromatic N) is 3. The van der Waals surface area contributed by atoms with Crippen LogP contribution in [0.25, 0.3) is 0 Å². The van der Waals surface area contributed by atoms with E-state index in [1.165, 1.54) is 0 Å². The molecule has 0 spiro atoms. The van der Waals surface area contributed by atoms with Crippen LogP contribution in [-0.2, 0) is 6.42 Å². The van der Waals surface area contributed by atoms with E-state index in [2.05, 4.69) is 15.3 Å². The van der Waals surface area contributed by atoms with Gasteiger partial charge in [0, 0.05) is 30.5 Å². The molecule has 0 aliphatic heterocycles. The number of halogens is 1. The van der Waals surface area contributed by atoms with E-state index in [0.717, 1.165) is 17.7 Å². The Morgan fingerprint density at radius 3 is 2.54 bits per heavy atom. The first-order valence-electron chi connectivity index (χ1n) is 8.28. The molecular formula is C20H19ClN4O. The van der Waals surface area contributed by atoms with Crippen LogP contribution in [0.2, 0.25) is 5.02 Å². The van der Waals surface area contributed by atoms with Crippen LogP contribution in [0.15, 0.2) is 66.9 Å². The highest BCUT2D eigenvalue weighted by atomic mass is 35.5. The van der Waals surface area contributed by atoms with E-state index in [4.69, 9.17) is 11.6 Å². The first kappa shape index (κ1) is 17.9. The molecule has 1 aromatic heterocycles. The number of carbonyl (C=O) groups is 1. The third kappa shape index (κ3) is 4.58. The number of para-hydroxylation sites is 1. The molecule has 6 heteroatoms. The van der Waals surface area contributed by atoms with Crippen LogP contribution >= 0.6 is 11.6 Å². The van der Waals surface area contributed by atoms with Crippen molar-refractivity contribution in [1.82, 2.24) is 15.3 Å². The van der Waals surface area contributed by atoms with Gasteiger partial charge in [0.25, 0.3) is 5.91 Å². The summed E-state index contributed by atoms with van der Waals surface area (Å²) in [6.07, 6.45) is 2.32. The van der Waals surface area contributed by atoms with Crippen molar-refractivity contribution in [3.8, 4) is 0 Å². The summed E-state index contributed by atoms with van der Waals surface area (Å²) >= 11 is 5.87. The van der Waals surface area contributed by atoms with Gasteiger partial charge in [0.15, 0.2) is 0 Å². The summed E-state index contributed by atoms with van der Waals surface area (Å²) < 4.78 is 0. The summed E-state index contributed by atoms with van der Waals surface area (Å²) in [6.45, 7) is 0.522. The Balaban J connectivity index is 1.62. The molecule has 0 fully saturated rings. The smallest absolute Gasteiger partial charge is 0.270 e. The van der Waals surface area contributed by atoms with Gasteiger partial charge in [-0.25, -0.2) is 9.97 Å². The van der Waals surface area contributed by atoms with Crippen LogP contribution in [0.1, 0.15) is 16.1 Å². The monoisotopic (exact) mass is 366 g/mol. The van der Waals surface area contributed by atoms with Gasteiger partial charge in [-0.3, -0.25) is 4.79 Å². The van der Waals surface area contributed by atoms with Gasteiger partial charge in [0.05, 0.1) is 0 Å². The molecule has 0 saturated heterocycles. The predicted octanol–water partition coefficient (Wildman–Crippen LogP) is 3.87. The summed E-state index contributed by atoms with van der Waals surface area (Å²) in [5.74, 6) is 0.255. The first-order chi connectivity index (χ1) is 12.6. The lowest BCUT2D eigenvalue weighted by molar-refractivity contribution is 0.0949. The second-order valence-corrected chi connectivity index (χ2v) is 6.21. The Kier molecular flexibility index (Phi) is 5.81. The van der Waals surface area contributed by atoms with Gasteiger partial charge >= 0.3 is 0 Å². The molecule has 2 aromatic carbocycles. The van der Waals surface area contributed by atoms with Crippen molar-refractivity contribution in [1.29, 1.82) is 0 Å². The lowest BCUT2D eigenvalue weighted by atomic mass is 10.1. The van der Waals surface area contributed by atoms with Crippen molar-refractivity contribution < 1.29 is 4.79 Å². The van der Waals surface area contributed by atoms with Gasteiger partial charge in [-0.2, -0.15) is 0 Å². The van der Waals surface area contributed by atoms with Gasteiger partial charge in [-0.05, 0) is 42.3 Å². The number of rotatable bonds is 6. The van der Waals surface area contributed by atoms with Crippen LogP contribution in [-0.4, -0.2) is 29.5 Å². The van der Waals surface area contributed by atoms with E-state index in [1.54, 1.807) is 12.3 Å². The van der Waals surface area contributed by atoms with Gasteiger partial charge in [-0.15, -0.1) is 0 Å². The molecule has 26 heavy (non-hydrogen) atoms. The Morgan fingerprint density at radius 2 is 1.81 bits per heavy atom. The molecular weight excluding hydrogens is 348 g/mol. The number of carbonyl (C=O) groups excluding carboxylic acids is 1. The number of benzene rings is 2. The zero-order valence-corrected chi connectivity index (χ0v) is 15.1. The van der Waals surface area contributed by atoms with Crippen LogP contribution in [0.5, 0.6) is 0 Å². The van der Waals surface area contributed by atoms with Gasteiger partial charge < -0.3 is 10.2 Å². The molecule has 1 heterocycles. The maximum Gasteiger partial charge on any atom is 0.270 e. The van der Waals surface area contributed by atoms with Crippen molar-refractivity contribution >= 4 is 29.1 Å². The Bertz CT molecular complexity index is 868. The number of nitrogens with one attached hydrogen (secondary N) is 1. The van der Waals surface area contributed by atoms with E-state index in [1.807, 2.05) is 66.5 Å². The fourth-order valence-corrected chi connectivity index (χ4v) is 2.59. The molecule has 0 bridgehead atoms. The molecule has 1 amide bonds. The topological polar surface area (TPSA) is 58.1 Å². The molecule has 0 unspecified atom stereocenters. The van der Waals surface area contributed by atoms with E-state index in [0.29, 0.717) is 23.2 Å². The van der Waals surface area contributed by atoms with Crippen LogP contribution in [0, 0.1) is 0 Å². The SMILES string of the molecule is CN(c1ccccc1)c1nccc(C(=O)NCCc2ccc(Cl)cc2)n1. The average Bonchev–Trinajstić information content (AvgIpc) is 2.69. The Labute approximate surface area is 157 Å². The molecule has 0 aliphatic rings. The maximum atomic E-state index is 12.4. The highest BCUT2D eigenvalue weighted by molar-refractivity contribution is 6.30. The summed E-state index contributed by atoms with van der Waals surface area (Å²) in [6, 6.07) is 19.0. The normalized spacial score (nSPS) is 10.4. The summed E-state index contributed by atoms with van der Waals surface area (Å²) in [7, 11) is 1.87. The highest BCUT2D eigenvalue weighted by Gasteiger charge is 2.12. The summed E-state index contributed by atoms with van der Waals surface area (Å²) in [5, 5.41) is 3.59. The summed E-state index contributed by atoms with van der Waals surface area (Å²) in [4.78, 5) is 22.8. The molecule has 0 aliphatic carbocycles. The minimum Gasteiger partial charge on any atom is -0.350 e. The quantitative estimate of drug-likeness (QED) is 0.719. The van der Waals surface area contributed by atoms with Crippen LogP contribution in [0.3, 0.4) is 0 Å². The van der Waals surface area contributed by atoms with E-state index in [-0.39, 0.29) is 5.91 Å². The standard InChI is InChI=1S/C20H19ClN4O/c1-25(17-5-3-2-4-6-17)20-23-14-12-18(24-20)19(26)22-13-11-15-7-9-16(21)10-8-15/h2-10,12,14H,11,13H2,1H3,(H,22,26). The lowest BCUT2D eigenvalue weighted by Crippen LogP contribution is -2.27. The molecule has 3 aromatic rings. The molecule has 0 saturated carbocycles. The zero-order valence-electron chi connectivity index (χ0n) is 14.4. The molecule has 0 radical (unpaired) electrons. The van der Waals surface area contributed by atoms with Crippen molar-refractivity contribution in [3.05, 3.63) is 83.1 Å². The number of hydrogen-bond acceptors (Lipinski definition) is 4. The lowest BCUT2D eigenvalue weighted by Gasteiger charge is -2.17. The third-order valence-electron chi connectivity index (χ3n) is 3.93. The molecule has 3 rings (SSSR count). The predicted molar refractivity (Wildman–Crippen MR) is 104 cm³/mol. The third-order valence-corrected chi connectivity index (χ3v) is 4.18. The number of aromatic nitrogens is 2. The molecule has 0 atom stereocenters. The van der Waals surface area contributed by atoms with Crippen molar-refractivity contribution in [2.24, 2.45) is 0 Å². The fourth-order valence-electron chi connectivity index (χ4n) is 2.47. The molecule has 5 nitrogen and oxygen atoms in total. The van der Waals surface area contributed by atoms with E-state index in [9.17, 15) is 4.79 Å². The van der Waals surface area contributed by atoms with Crippen molar-refractivity contribution in [3.63, 3.8) is 0 Å². The molecule has 132 valence electrons. The van der Waals surface area contributed by atoms with Crippen LogP contribution in [0.4, 0.5) is 11.6 Å². The zero-order chi connectivity index (χ0) is 18.4. The van der Waals surface area contributed by atoms with Gasteiger partial charge in [-0.1, -0.05) is 41.9 Å². The Morgan fingerprint density at radius 1 is 1.08 bits per heavy atom. The van der Waals surface area contributed by atoms with E-state index >= 15 is 0 Å².